The molecule has 1 heterocycles. The molecule has 0 aromatic carbocycles. The van der Waals surface area contributed by atoms with E-state index in [9.17, 15) is 0 Å². The molecule has 11 heavy (non-hydrogen) atoms. The van der Waals surface area contributed by atoms with Gasteiger partial charge in [-0.3, -0.25) is 0 Å². The van der Waals surface area contributed by atoms with Crippen molar-refractivity contribution in [3.8, 4) is 0 Å². The summed E-state index contributed by atoms with van der Waals surface area (Å²) in [6.07, 6.45) is 1.57. The maximum atomic E-state index is 4.09. The van der Waals surface area contributed by atoms with Crippen molar-refractivity contribution in [2.45, 2.75) is 11.9 Å². The summed E-state index contributed by atoms with van der Waals surface area (Å²) in [5.74, 6) is 1.91. The highest BCUT2D eigenvalue weighted by Crippen LogP contribution is 2.15. The Morgan fingerprint density at radius 1 is 1.55 bits per heavy atom. The van der Waals surface area contributed by atoms with Crippen molar-refractivity contribution in [3.63, 3.8) is 0 Å². The molecule has 0 fully saturated rings. The van der Waals surface area contributed by atoms with Crippen LogP contribution < -0.4 is 5.32 Å². The second-order valence-electron chi connectivity index (χ2n) is 1.92. The average molecular weight is 169 g/mol. The van der Waals surface area contributed by atoms with E-state index in [-0.39, 0.29) is 0 Å². The molecule has 1 aromatic heterocycles. The Hall–Kier alpha value is -0.770. The largest absolute Gasteiger partial charge is 0.373 e. The zero-order valence-electron chi connectivity index (χ0n) is 6.66. The van der Waals surface area contributed by atoms with Gasteiger partial charge in [-0.05, 0) is 5.75 Å². The Bertz CT molecular complexity index is 227. The normalized spacial score (nSPS) is 9.64. The molecule has 4 heteroatoms. The molecule has 0 aliphatic carbocycles. The fourth-order valence-electron chi connectivity index (χ4n) is 0.703. The Labute approximate surface area is 70.6 Å². The SMILES string of the molecule is CCSc1cc(NC)ncn1. The van der Waals surface area contributed by atoms with Gasteiger partial charge in [0.15, 0.2) is 0 Å². The highest BCUT2D eigenvalue weighted by molar-refractivity contribution is 7.99. The Morgan fingerprint density at radius 3 is 3.00 bits per heavy atom. The lowest BCUT2D eigenvalue weighted by molar-refractivity contribution is 1.05. The van der Waals surface area contributed by atoms with E-state index in [0.717, 1.165) is 16.6 Å². The highest BCUT2D eigenvalue weighted by Gasteiger charge is 1.94. The molecule has 0 unspecified atom stereocenters. The summed E-state index contributed by atoms with van der Waals surface area (Å²) in [5.41, 5.74) is 0. The third-order valence-corrected chi connectivity index (χ3v) is 2.00. The van der Waals surface area contributed by atoms with E-state index in [2.05, 4.69) is 22.2 Å². The smallest absolute Gasteiger partial charge is 0.130 e. The van der Waals surface area contributed by atoms with Crippen LogP contribution in [0.15, 0.2) is 17.4 Å². The molecule has 0 saturated heterocycles. The average Bonchev–Trinajstić information content (AvgIpc) is 2.06. The number of thioether (sulfide) groups is 1. The van der Waals surface area contributed by atoms with Crippen molar-refractivity contribution in [1.29, 1.82) is 0 Å². The van der Waals surface area contributed by atoms with Gasteiger partial charge in [0, 0.05) is 13.1 Å². The van der Waals surface area contributed by atoms with Crippen LogP contribution in [-0.2, 0) is 0 Å². The molecule has 0 atom stereocenters. The number of anilines is 1. The van der Waals surface area contributed by atoms with Crippen molar-refractivity contribution < 1.29 is 0 Å². The number of rotatable bonds is 3. The van der Waals surface area contributed by atoms with Crippen LogP contribution in [0.3, 0.4) is 0 Å². The van der Waals surface area contributed by atoms with E-state index < -0.39 is 0 Å². The predicted molar refractivity (Wildman–Crippen MR) is 48.0 cm³/mol. The molecule has 0 spiro atoms. The van der Waals surface area contributed by atoms with Gasteiger partial charge in [-0.1, -0.05) is 6.92 Å². The second kappa shape index (κ2) is 4.18. The standard InChI is InChI=1S/C7H11N3S/c1-3-11-7-4-6(8-2)9-5-10-7/h4-5H,3H2,1-2H3,(H,8,9,10). The predicted octanol–water partition coefficient (Wildman–Crippen LogP) is 1.63. The van der Waals surface area contributed by atoms with Crippen LogP contribution in [-0.4, -0.2) is 22.8 Å². The maximum absolute atomic E-state index is 4.09. The Morgan fingerprint density at radius 2 is 2.36 bits per heavy atom. The van der Waals surface area contributed by atoms with E-state index in [4.69, 9.17) is 0 Å². The van der Waals surface area contributed by atoms with Crippen LogP contribution in [0, 0.1) is 0 Å². The minimum absolute atomic E-state index is 0.871. The van der Waals surface area contributed by atoms with Crippen LogP contribution in [0.25, 0.3) is 0 Å². The van der Waals surface area contributed by atoms with Gasteiger partial charge in [0.2, 0.25) is 0 Å². The van der Waals surface area contributed by atoms with Gasteiger partial charge in [-0.2, -0.15) is 0 Å². The number of nitrogens with zero attached hydrogens (tertiary/aromatic N) is 2. The maximum Gasteiger partial charge on any atom is 0.130 e. The Kier molecular flexibility index (Phi) is 3.16. The van der Waals surface area contributed by atoms with E-state index in [0.29, 0.717) is 0 Å². The zero-order chi connectivity index (χ0) is 8.10. The Balaban J connectivity index is 2.74. The van der Waals surface area contributed by atoms with Gasteiger partial charge >= 0.3 is 0 Å². The summed E-state index contributed by atoms with van der Waals surface area (Å²) in [5, 5.41) is 3.98. The van der Waals surface area contributed by atoms with Gasteiger partial charge in [0.25, 0.3) is 0 Å². The van der Waals surface area contributed by atoms with Gasteiger partial charge in [-0.15, -0.1) is 11.8 Å². The number of hydrogen-bond donors (Lipinski definition) is 1. The molecular weight excluding hydrogens is 158 g/mol. The number of nitrogens with one attached hydrogen (secondary N) is 1. The van der Waals surface area contributed by atoms with Crippen LogP contribution in [0.5, 0.6) is 0 Å². The van der Waals surface area contributed by atoms with Gasteiger partial charge in [0.1, 0.15) is 17.2 Å². The summed E-state index contributed by atoms with van der Waals surface area (Å²) in [4.78, 5) is 8.09. The third kappa shape index (κ3) is 2.38. The fourth-order valence-corrected chi connectivity index (χ4v) is 1.32. The first-order chi connectivity index (χ1) is 5.36. The van der Waals surface area contributed by atoms with E-state index >= 15 is 0 Å². The van der Waals surface area contributed by atoms with E-state index in [1.54, 1.807) is 18.1 Å². The summed E-state index contributed by atoms with van der Waals surface area (Å²) in [6.45, 7) is 2.10. The summed E-state index contributed by atoms with van der Waals surface area (Å²) < 4.78 is 0. The monoisotopic (exact) mass is 169 g/mol. The molecule has 0 aliphatic heterocycles. The molecule has 0 aliphatic rings. The quantitative estimate of drug-likeness (QED) is 0.551. The molecule has 1 N–H and O–H groups in total. The molecule has 1 rings (SSSR count). The van der Waals surface area contributed by atoms with Crippen molar-refractivity contribution in [2.75, 3.05) is 18.1 Å². The number of aromatic nitrogens is 2. The molecule has 1 aromatic rings. The lowest BCUT2D eigenvalue weighted by atomic mass is 10.6. The first-order valence-corrected chi connectivity index (χ1v) is 4.48. The third-order valence-electron chi connectivity index (χ3n) is 1.19. The van der Waals surface area contributed by atoms with Crippen molar-refractivity contribution in [1.82, 2.24) is 9.97 Å². The van der Waals surface area contributed by atoms with Gasteiger partial charge in [-0.25, -0.2) is 9.97 Å². The lowest BCUT2D eigenvalue weighted by Crippen LogP contribution is -1.93. The van der Waals surface area contributed by atoms with Crippen LogP contribution in [0.2, 0.25) is 0 Å². The van der Waals surface area contributed by atoms with Crippen LogP contribution >= 0.6 is 11.8 Å². The molecule has 0 saturated carbocycles. The van der Waals surface area contributed by atoms with Gasteiger partial charge < -0.3 is 5.32 Å². The molecule has 3 nitrogen and oxygen atoms in total. The summed E-state index contributed by atoms with van der Waals surface area (Å²) >= 11 is 1.71. The molecule has 0 amide bonds. The molecule has 0 bridgehead atoms. The lowest BCUT2D eigenvalue weighted by Gasteiger charge is -1.99. The zero-order valence-corrected chi connectivity index (χ0v) is 7.48. The van der Waals surface area contributed by atoms with E-state index in [1.165, 1.54) is 0 Å². The number of hydrogen-bond acceptors (Lipinski definition) is 4. The minimum atomic E-state index is 0.871. The topological polar surface area (TPSA) is 37.8 Å². The van der Waals surface area contributed by atoms with Gasteiger partial charge in [0.05, 0.1) is 0 Å². The fraction of sp³-hybridized carbons (Fsp3) is 0.429. The van der Waals surface area contributed by atoms with Crippen LogP contribution in [0.4, 0.5) is 5.82 Å². The van der Waals surface area contributed by atoms with Crippen molar-refractivity contribution in [3.05, 3.63) is 12.4 Å². The first-order valence-electron chi connectivity index (χ1n) is 3.49. The minimum Gasteiger partial charge on any atom is -0.373 e. The van der Waals surface area contributed by atoms with Crippen molar-refractivity contribution in [2.24, 2.45) is 0 Å². The van der Waals surface area contributed by atoms with Crippen LogP contribution in [0.1, 0.15) is 6.92 Å². The van der Waals surface area contributed by atoms with E-state index in [1.807, 2.05) is 13.1 Å². The molecular formula is C7H11N3S. The summed E-state index contributed by atoms with van der Waals surface area (Å²) in [6, 6.07) is 1.94. The first kappa shape index (κ1) is 8.33. The van der Waals surface area contributed by atoms with Crippen molar-refractivity contribution >= 4 is 17.6 Å². The second-order valence-corrected chi connectivity index (χ2v) is 3.21. The molecule has 60 valence electrons. The summed E-state index contributed by atoms with van der Waals surface area (Å²) in [7, 11) is 1.85. The highest BCUT2D eigenvalue weighted by atomic mass is 32.2. The molecule has 0 radical (unpaired) electrons.